The van der Waals surface area contributed by atoms with Gasteiger partial charge in [0.15, 0.2) is 11.5 Å². The topological polar surface area (TPSA) is 79.5 Å². The van der Waals surface area contributed by atoms with Gasteiger partial charge in [0.05, 0.1) is 0 Å². The van der Waals surface area contributed by atoms with E-state index in [9.17, 15) is 0 Å². The average molecular weight is 273 g/mol. The van der Waals surface area contributed by atoms with Crippen LogP contribution in [0.2, 0.25) is 0 Å². The largest absolute Gasteiger partial charge is 0.454 e. The molecule has 0 aliphatic carbocycles. The zero-order valence-corrected chi connectivity index (χ0v) is 11.3. The number of anilines is 1. The second-order valence-corrected chi connectivity index (χ2v) is 4.76. The van der Waals surface area contributed by atoms with E-state index >= 15 is 0 Å². The van der Waals surface area contributed by atoms with E-state index in [1.165, 1.54) is 0 Å². The van der Waals surface area contributed by atoms with Gasteiger partial charge in [-0.15, -0.1) is 0 Å². The number of hydrogen-bond donors (Lipinski definition) is 1. The Morgan fingerprint density at radius 1 is 1.15 bits per heavy atom. The highest BCUT2D eigenvalue weighted by Crippen LogP contribution is 2.36. The number of benzene rings is 1. The quantitative estimate of drug-likeness (QED) is 0.926. The van der Waals surface area contributed by atoms with E-state index in [1.807, 2.05) is 13.8 Å². The highest BCUT2D eigenvalue weighted by atomic mass is 16.7. The molecule has 3 rings (SSSR count). The highest BCUT2D eigenvalue weighted by molar-refractivity contribution is 5.48. The smallest absolute Gasteiger partial charge is 0.231 e. The molecule has 2 heterocycles. The van der Waals surface area contributed by atoms with Crippen molar-refractivity contribution in [3.63, 3.8) is 0 Å². The molecule has 2 aromatic rings. The molecule has 20 heavy (non-hydrogen) atoms. The maximum atomic E-state index is 5.77. The Hall–Kier alpha value is -2.50. The predicted octanol–water partition coefficient (Wildman–Crippen LogP) is 2.70. The molecule has 0 saturated heterocycles. The lowest BCUT2D eigenvalue weighted by molar-refractivity contribution is 0.174. The molecule has 1 aliphatic rings. The first-order chi connectivity index (χ1) is 9.61. The molecule has 6 heteroatoms. The van der Waals surface area contributed by atoms with Crippen LogP contribution in [0, 0.1) is 0 Å². The van der Waals surface area contributed by atoms with E-state index in [-0.39, 0.29) is 12.7 Å². The minimum atomic E-state index is 0.178. The van der Waals surface area contributed by atoms with Gasteiger partial charge in [0, 0.05) is 18.1 Å². The summed E-state index contributed by atoms with van der Waals surface area (Å²) in [6.07, 6.45) is 0. The monoisotopic (exact) mass is 273 g/mol. The van der Waals surface area contributed by atoms with Gasteiger partial charge in [-0.1, -0.05) is 13.8 Å². The number of hydrogen-bond acceptors (Lipinski definition) is 6. The van der Waals surface area contributed by atoms with Crippen LogP contribution in [0.25, 0.3) is 0 Å². The van der Waals surface area contributed by atoms with E-state index in [4.69, 9.17) is 19.9 Å². The standard InChI is InChI=1S/C14H15N3O3/c1-8(2)14-16-12(15)6-13(17-14)20-9-3-4-10-11(5-9)19-7-18-10/h3-6,8H,7H2,1-2H3,(H2,15,16,17). The summed E-state index contributed by atoms with van der Waals surface area (Å²) in [5, 5.41) is 0. The highest BCUT2D eigenvalue weighted by Gasteiger charge is 2.15. The van der Waals surface area contributed by atoms with Crippen LogP contribution in [0.5, 0.6) is 23.1 Å². The number of rotatable bonds is 3. The second-order valence-electron chi connectivity index (χ2n) is 4.76. The van der Waals surface area contributed by atoms with Crippen molar-refractivity contribution in [2.45, 2.75) is 19.8 Å². The molecule has 2 N–H and O–H groups in total. The predicted molar refractivity (Wildman–Crippen MR) is 73.2 cm³/mol. The molecule has 0 saturated carbocycles. The van der Waals surface area contributed by atoms with Crippen molar-refractivity contribution in [1.82, 2.24) is 9.97 Å². The van der Waals surface area contributed by atoms with Gasteiger partial charge in [0.2, 0.25) is 12.7 Å². The van der Waals surface area contributed by atoms with Crippen LogP contribution in [0.4, 0.5) is 5.82 Å². The number of fused-ring (bicyclic) bond motifs is 1. The fraction of sp³-hybridized carbons (Fsp3) is 0.286. The Kier molecular flexibility index (Phi) is 3.06. The summed E-state index contributed by atoms with van der Waals surface area (Å²) in [5.74, 6) is 3.62. The normalized spacial score (nSPS) is 12.8. The molecule has 0 amide bonds. The Bertz CT molecular complexity index is 644. The SMILES string of the molecule is CC(C)c1nc(N)cc(Oc2ccc3c(c2)OCO3)n1. The molecule has 0 bridgehead atoms. The summed E-state index contributed by atoms with van der Waals surface area (Å²) in [4.78, 5) is 8.51. The van der Waals surface area contributed by atoms with Crippen molar-refractivity contribution in [1.29, 1.82) is 0 Å². The number of nitrogens with zero attached hydrogens (tertiary/aromatic N) is 2. The number of nitrogen functional groups attached to an aromatic ring is 1. The van der Waals surface area contributed by atoms with E-state index in [2.05, 4.69) is 9.97 Å². The van der Waals surface area contributed by atoms with E-state index in [0.29, 0.717) is 34.8 Å². The van der Waals surface area contributed by atoms with Crippen molar-refractivity contribution in [3.05, 3.63) is 30.1 Å². The second kappa shape index (κ2) is 4.88. The van der Waals surface area contributed by atoms with Gasteiger partial charge in [-0.25, -0.2) is 4.98 Å². The van der Waals surface area contributed by atoms with Gasteiger partial charge in [-0.2, -0.15) is 4.98 Å². The number of ether oxygens (including phenoxy) is 3. The Balaban J connectivity index is 1.87. The van der Waals surface area contributed by atoms with Gasteiger partial charge >= 0.3 is 0 Å². The Labute approximate surface area is 116 Å². The fourth-order valence-electron chi connectivity index (χ4n) is 1.83. The molecule has 0 unspecified atom stereocenters. The third-order valence-electron chi connectivity index (χ3n) is 2.82. The summed E-state index contributed by atoms with van der Waals surface area (Å²) in [7, 11) is 0. The lowest BCUT2D eigenvalue weighted by Crippen LogP contribution is -2.03. The van der Waals surface area contributed by atoms with Crippen molar-refractivity contribution in [2.24, 2.45) is 0 Å². The summed E-state index contributed by atoms with van der Waals surface area (Å²) < 4.78 is 16.3. The lowest BCUT2D eigenvalue weighted by Gasteiger charge is -2.09. The van der Waals surface area contributed by atoms with Crippen molar-refractivity contribution >= 4 is 5.82 Å². The molecule has 0 atom stereocenters. The van der Waals surface area contributed by atoms with Crippen LogP contribution >= 0.6 is 0 Å². The average Bonchev–Trinajstić information content (AvgIpc) is 2.85. The lowest BCUT2D eigenvalue weighted by atomic mass is 10.2. The molecule has 1 aliphatic heterocycles. The molecule has 0 radical (unpaired) electrons. The molecule has 6 nitrogen and oxygen atoms in total. The van der Waals surface area contributed by atoms with Gasteiger partial charge in [-0.3, -0.25) is 0 Å². The molecule has 0 spiro atoms. The Morgan fingerprint density at radius 3 is 2.75 bits per heavy atom. The van der Waals surface area contributed by atoms with Crippen molar-refractivity contribution in [3.8, 4) is 23.1 Å². The summed E-state index contributed by atoms with van der Waals surface area (Å²) in [5.41, 5.74) is 5.77. The third-order valence-corrected chi connectivity index (χ3v) is 2.82. The summed E-state index contributed by atoms with van der Waals surface area (Å²) >= 11 is 0. The molecular formula is C14H15N3O3. The van der Waals surface area contributed by atoms with Gasteiger partial charge in [0.1, 0.15) is 17.4 Å². The van der Waals surface area contributed by atoms with Gasteiger partial charge in [-0.05, 0) is 12.1 Å². The van der Waals surface area contributed by atoms with E-state index in [0.717, 1.165) is 0 Å². The molecule has 1 aromatic carbocycles. The van der Waals surface area contributed by atoms with Crippen molar-refractivity contribution < 1.29 is 14.2 Å². The number of nitrogens with two attached hydrogens (primary N) is 1. The van der Waals surface area contributed by atoms with Crippen molar-refractivity contribution in [2.75, 3.05) is 12.5 Å². The first-order valence-electron chi connectivity index (χ1n) is 6.34. The zero-order valence-electron chi connectivity index (χ0n) is 11.3. The molecular weight excluding hydrogens is 258 g/mol. The van der Waals surface area contributed by atoms with Crippen LogP contribution in [-0.2, 0) is 0 Å². The van der Waals surface area contributed by atoms with Gasteiger partial charge < -0.3 is 19.9 Å². The van der Waals surface area contributed by atoms with Crippen LogP contribution in [0.1, 0.15) is 25.6 Å². The minimum Gasteiger partial charge on any atom is -0.454 e. The van der Waals surface area contributed by atoms with Crippen LogP contribution in [-0.4, -0.2) is 16.8 Å². The summed E-state index contributed by atoms with van der Waals surface area (Å²) in [6.45, 7) is 4.23. The first-order valence-corrected chi connectivity index (χ1v) is 6.34. The van der Waals surface area contributed by atoms with Crippen LogP contribution in [0.3, 0.4) is 0 Å². The molecule has 0 fully saturated rings. The Morgan fingerprint density at radius 2 is 1.95 bits per heavy atom. The van der Waals surface area contributed by atoms with E-state index < -0.39 is 0 Å². The third kappa shape index (κ3) is 2.45. The maximum absolute atomic E-state index is 5.77. The van der Waals surface area contributed by atoms with Crippen LogP contribution in [0.15, 0.2) is 24.3 Å². The zero-order chi connectivity index (χ0) is 14.1. The van der Waals surface area contributed by atoms with Gasteiger partial charge in [0.25, 0.3) is 0 Å². The first kappa shape index (κ1) is 12.5. The fourth-order valence-corrected chi connectivity index (χ4v) is 1.83. The van der Waals surface area contributed by atoms with E-state index in [1.54, 1.807) is 24.3 Å². The number of aromatic nitrogens is 2. The minimum absolute atomic E-state index is 0.178. The maximum Gasteiger partial charge on any atom is 0.231 e. The molecule has 1 aromatic heterocycles. The molecule has 104 valence electrons. The van der Waals surface area contributed by atoms with Crippen LogP contribution < -0.4 is 19.9 Å². The summed E-state index contributed by atoms with van der Waals surface area (Å²) in [6, 6.07) is 6.94.